The van der Waals surface area contributed by atoms with E-state index in [0.717, 1.165) is 11.0 Å². The molecule has 0 radical (unpaired) electrons. The summed E-state index contributed by atoms with van der Waals surface area (Å²) in [5, 5.41) is 8.24. The second kappa shape index (κ2) is 4.90. The molecule has 21 heavy (non-hydrogen) atoms. The number of fused-ring (bicyclic) bond motifs is 1. The molecule has 2 aromatic carbocycles. The second-order valence-corrected chi connectivity index (χ2v) is 4.96. The van der Waals surface area contributed by atoms with E-state index in [2.05, 4.69) is 10.3 Å². The summed E-state index contributed by atoms with van der Waals surface area (Å²) in [6.07, 6.45) is 0. The molecule has 0 unspecified atom stereocenters. The average molecular weight is 281 g/mol. The minimum Gasteiger partial charge on any atom is -0.397 e. The molecule has 3 aromatic rings. The number of para-hydroxylation sites is 1. The molecule has 1 aromatic heterocycles. The van der Waals surface area contributed by atoms with Crippen LogP contribution in [0.2, 0.25) is 0 Å². The number of nitrogens with zero attached hydrogens (tertiary/aromatic N) is 4. The lowest BCUT2D eigenvalue weighted by Crippen LogP contribution is -2.22. The quantitative estimate of drug-likeness (QED) is 0.725. The summed E-state index contributed by atoms with van der Waals surface area (Å²) >= 11 is 0. The van der Waals surface area contributed by atoms with Crippen LogP contribution in [0.4, 0.5) is 5.69 Å². The molecule has 0 saturated heterocycles. The van der Waals surface area contributed by atoms with Crippen LogP contribution in [0.3, 0.4) is 0 Å². The Hall–Kier alpha value is -2.89. The van der Waals surface area contributed by atoms with Gasteiger partial charge in [-0.15, -0.1) is 5.10 Å². The van der Waals surface area contributed by atoms with Gasteiger partial charge in [-0.3, -0.25) is 4.79 Å². The van der Waals surface area contributed by atoms with Gasteiger partial charge in [0, 0.05) is 19.7 Å². The maximum atomic E-state index is 12.1. The number of nitrogen functional groups attached to an aromatic ring is 1. The van der Waals surface area contributed by atoms with Crippen molar-refractivity contribution in [3.8, 4) is 5.69 Å². The average Bonchev–Trinajstić information content (AvgIpc) is 2.91. The van der Waals surface area contributed by atoms with Gasteiger partial charge < -0.3 is 10.6 Å². The summed E-state index contributed by atoms with van der Waals surface area (Å²) in [5.74, 6) is -0.0827. The van der Waals surface area contributed by atoms with Crippen molar-refractivity contribution >= 4 is 22.6 Å². The van der Waals surface area contributed by atoms with Gasteiger partial charge in [-0.1, -0.05) is 17.3 Å². The van der Waals surface area contributed by atoms with E-state index in [1.54, 1.807) is 37.0 Å². The van der Waals surface area contributed by atoms with Gasteiger partial charge in [-0.2, -0.15) is 0 Å². The number of rotatable bonds is 2. The lowest BCUT2D eigenvalue weighted by Gasteiger charge is -2.12. The van der Waals surface area contributed by atoms with Gasteiger partial charge >= 0.3 is 0 Å². The number of aromatic nitrogens is 3. The Balaban J connectivity index is 2.18. The molecule has 0 aliphatic rings. The smallest absolute Gasteiger partial charge is 0.253 e. The van der Waals surface area contributed by atoms with E-state index >= 15 is 0 Å². The van der Waals surface area contributed by atoms with Crippen LogP contribution in [0.5, 0.6) is 0 Å². The largest absolute Gasteiger partial charge is 0.397 e. The number of hydrogen-bond acceptors (Lipinski definition) is 4. The van der Waals surface area contributed by atoms with E-state index in [1.807, 2.05) is 24.3 Å². The van der Waals surface area contributed by atoms with Gasteiger partial charge in [0.15, 0.2) is 0 Å². The Morgan fingerprint density at radius 1 is 1.19 bits per heavy atom. The van der Waals surface area contributed by atoms with Crippen LogP contribution in [0, 0.1) is 0 Å². The van der Waals surface area contributed by atoms with Crippen LogP contribution in [-0.2, 0) is 0 Å². The zero-order chi connectivity index (χ0) is 15.0. The molecule has 6 heteroatoms. The Labute approximate surface area is 121 Å². The Kier molecular flexibility index (Phi) is 3.06. The third-order valence-corrected chi connectivity index (χ3v) is 3.26. The van der Waals surface area contributed by atoms with Crippen LogP contribution in [0.1, 0.15) is 10.4 Å². The van der Waals surface area contributed by atoms with Crippen LogP contribution < -0.4 is 5.73 Å². The van der Waals surface area contributed by atoms with E-state index < -0.39 is 0 Å². The topological polar surface area (TPSA) is 77.0 Å². The zero-order valence-electron chi connectivity index (χ0n) is 11.8. The third-order valence-electron chi connectivity index (χ3n) is 3.26. The van der Waals surface area contributed by atoms with Gasteiger partial charge in [0.25, 0.3) is 5.91 Å². The number of nitrogens with two attached hydrogens (primary N) is 1. The zero-order valence-corrected chi connectivity index (χ0v) is 11.8. The van der Waals surface area contributed by atoms with Gasteiger partial charge in [0.1, 0.15) is 5.52 Å². The normalized spacial score (nSPS) is 10.8. The minimum atomic E-state index is -0.0827. The van der Waals surface area contributed by atoms with Crippen molar-refractivity contribution in [3.05, 3.63) is 48.0 Å². The van der Waals surface area contributed by atoms with Crippen LogP contribution >= 0.6 is 0 Å². The fourth-order valence-corrected chi connectivity index (χ4v) is 2.17. The van der Waals surface area contributed by atoms with Crippen LogP contribution in [0.25, 0.3) is 16.7 Å². The van der Waals surface area contributed by atoms with Crippen molar-refractivity contribution in [2.75, 3.05) is 19.8 Å². The fourth-order valence-electron chi connectivity index (χ4n) is 2.17. The Morgan fingerprint density at radius 2 is 1.95 bits per heavy atom. The predicted molar refractivity (Wildman–Crippen MR) is 81.3 cm³/mol. The van der Waals surface area contributed by atoms with Crippen molar-refractivity contribution in [2.45, 2.75) is 0 Å². The monoisotopic (exact) mass is 281 g/mol. The van der Waals surface area contributed by atoms with Crippen molar-refractivity contribution < 1.29 is 4.79 Å². The maximum Gasteiger partial charge on any atom is 0.253 e. The summed E-state index contributed by atoms with van der Waals surface area (Å²) in [6, 6.07) is 12.8. The molecular weight excluding hydrogens is 266 g/mol. The van der Waals surface area contributed by atoms with E-state index in [1.165, 1.54) is 4.90 Å². The molecule has 1 heterocycles. The predicted octanol–water partition coefficient (Wildman–Crippen LogP) is 1.70. The lowest BCUT2D eigenvalue weighted by atomic mass is 10.1. The van der Waals surface area contributed by atoms with Gasteiger partial charge in [0.05, 0.1) is 16.9 Å². The van der Waals surface area contributed by atoms with Gasteiger partial charge in [0.2, 0.25) is 0 Å². The first-order valence-corrected chi connectivity index (χ1v) is 6.50. The summed E-state index contributed by atoms with van der Waals surface area (Å²) in [6.45, 7) is 0. The van der Waals surface area contributed by atoms with Crippen molar-refractivity contribution in [1.29, 1.82) is 0 Å². The standard InChI is InChI=1S/C15H15N5O/c1-19(2)15(21)10-7-8-11(16)14(9-10)20-13-6-4-3-5-12(13)17-18-20/h3-9H,16H2,1-2H3. The van der Waals surface area contributed by atoms with Crippen molar-refractivity contribution in [3.63, 3.8) is 0 Å². The van der Waals surface area contributed by atoms with Crippen LogP contribution in [0.15, 0.2) is 42.5 Å². The molecule has 0 bridgehead atoms. The van der Waals surface area contributed by atoms with E-state index in [4.69, 9.17) is 5.73 Å². The highest BCUT2D eigenvalue weighted by molar-refractivity contribution is 5.95. The first-order chi connectivity index (χ1) is 10.1. The number of amides is 1. The van der Waals surface area contributed by atoms with E-state index in [0.29, 0.717) is 16.9 Å². The summed E-state index contributed by atoms with van der Waals surface area (Å²) in [7, 11) is 3.42. The van der Waals surface area contributed by atoms with E-state index in [9.17, 15) is 4.79 Å². The molecule has 1 amide bonds. The SMILES string of the molecule is CN(C)C(=O)c1ccc(N)c(-n2nnc3ccccc32)c1. The number of carbonyl (C=O) groups is 1. The molecule has 0 aliphatic carbocycles. The Bertz CT molecular complexity index is 822. The van der Waals surface area contributed by atoms with Gasteiger partial charge in [-0.05, 0) is 30.3 Å². The Morgan fingerprint density at radius 3 is 2.71 bits per heavy atom. The third kappa shape index (κ3) is 2.20. The van der Waals surface area contributed by atoms with Crippen molar-refractivity contribution in [1.82, 2.24) is 19.9 Å². The minimum absolute atomic E-state index is 0.0827. The molecule has 0 fully saturated rings. The number of hydrogen-bond donors (Lipinski definition) is 1. The molecule has 0 aliphatic heterocycles. The molecule has 2 N–H and O–H groups in total. The summed E-state index contributed by atoms with van der Waals surface area (Å²) < 4.78 is 1.65. The second-order valence-electron chi connectivity index (χ2n) is 4.96. The summed E-state index contributed by atoms with van der Waals surface area (Å²) in [4.78, 5) is 13.6. The molecule has 0 atom stereocenters. The molecule has 6 nitrogen and oxygen atoms in total. The van der Waals surface area contributed by atoms with Crippen LogP contribution in [-0.4, -0.2) is 39.9 Å². The molecule has 106 valence electrons. The molecule has 0 saturated carbocycles. The van der Waals surface area contributed by atoms with Gasteiger partial charge in [-0.25, -0.2) is 4.68 Å². The maximum absolute atomic E-state index is 12.1. The summed E-state index contributed by atoms with van der Waals surface area (Å²) in [5.41, 5.74) is 9.41. The highest BCUT2D eigenvalue weighted by Crippen LogP contribution is 2.22. The molecule has 3 rings (SSSR count). The number of benzene rings is 2. The highest BCUT2D eigenvalue weighted by Gasteiger charge is 2.13. The lowest BCUT2D eigenvalue weighted by molar-refractivity contribution is 0.0827. The highest BCUT2D eigenvalue weighted by atomic mass is 16.2. The van der Waals surface area contributed by atoms with Crippen molar-refractivity contribution in [2.24, 2.45) is 0 Å². The molecule has 0 spiro atoms. The van der Waals surface area contributed by atoms with E-state index in [-0.39, 0.29) is 5.91 Å². The first kappa shape index (κ1) is 13.1. The number of carbonyl (C=O) groups excluding carboxylic acids is 1. The first-order valence-electron chi connectivity index (χ1n) is 6.50. The fraction of sp³-hybridized carbons (Fsp3) is 0.133. The number of anilines is 1. The molecular formula is C15H15N5O.